The molecular formula is C14H21NO. The largest absolute Gasteiger partial charge is 0.379 e. The smallest absolute Gasteiger partial charge is 0.0646 e. The minimum atomic E-state index is 0.142. The summed E-state index contributed by atoms with van der Waals surface area (Å²) >= 11 is 0. The molecule has 1 saturated heterocycles. The van der Waals surface area contributed by atoms with E-state index in [2.05, 4.69) is 50.4 Å². The summed E-state index contributed by atoms with van der Waals surface area (Å²) < 4.78 is 5.46. The lowest BCUT2D eigenvalue weighted by Crippen LogP contribution is -2.44. The van der Waals surface area contributed by atoms with E-state index in [9.17, 15) is 0 Å². The second kappa shape index (κ2) is 4.56. The minimum Gasteiger partial charge on any atom is -0.379 e. The van der Waals surface area contributed by atoms with Crippen molar-refractivity contribution in [3.63, 3.8) is 0 Å². The van der Waals surface area contributed by atoms with Crippen LogP contribution in [0.2, 0.25) is 0 Å². The van der Waals surface area contributed by atoms with Gasteiger partial charge in [-0.25, -0.2) is 0 Å². The highest BCUT2D eigenvalue weighted by atomic mass is 16.5. The molecule has 1 N–H and O–H groups in total. The molecule has 0 aromatic heterocycles. The van der Waals surface area contributed by atoms with E-state index in [1.54, 1.807) is 0 Å². The van der Waals surface area contributed by atoms with Crippen molar-refractivity contribution in [2.45, 2.75) is 38.8 Å². The second-order valence-electron chi connectivity index (χ2n) is 5.14. The Bertz CT molecular complexity index is 356. The molecule has 2 rings (SSSR count). The van der Waals surface area contributed by atoms with Crippen molar-refractivity contribution in [3.8, 4) is 0 Å². The molecule has 0 unspecified atom stereocenters. The molecule has 1 aromatic carbocycles. The van der Waals surface area contributed by atoms with E-state index in [1.807, 2.05) is 0 Å². The first-order valence-electron chi connectivity index (χ1n) is 6.01. The number of benzene rings is 1. The topological polar surface area (TPSA) is 21.3 Å². The third-order valence-corrected chi connectivity index (χ3v) is 3.33. The summed E-state index contributed by atoms with van der Waals surface area (Å²) in [7, 11) is 0. The van der Waals surface area contributed by atoms with Crippen molar-refractivity contribution in [2.75, 3.05) is 13.2 Å². The molecule has 1 fully saturated rings. The van der Waals surface area contributed by atoms with Gasteiger partial charge in [-0.05, 0) is 32.8 Å². The van der Waals surface area contributed by atoms with Gasteiger partial charge < -0.3 is 10.1 Å². The Morgan fingerprint density at radius 2 is 2.25 bits per heavy atom. The predicted octanol–water partition coefficient (Wildman–Crippen LogP) is 2.82. The van der Waals surface area contributed by atoms with E-state index < -0.39 is 0 Å². The van der Waals surface area contributed by atoms with Gasteiger partial charge >= 0.3 is 0 Å². The van der Waals surface area contributed by atoms with Gasteiger partial charge in [0.25, 0.3) is 0 Å². The molecule has 0 aliphatic carbocycles. The molecule has 2 heteroatoms. The molecule has 0 saturated carbocycles. The SMILES string of the molecule is Cc1cccc([C@@H](C)N[C@]2(C)CCOC2)c1. The van der Waals surface area contributed by atoms with Crippen LogP contribution in [0, 0.1) is 6.92 Å². The van der Waals surface area contributed by atoms with Crippen LogP contribution in [-0.2, 0) is 4.74 Å². The maximum Gasteiger partial charge on any atom is 0.0646 e. The van der Waals surface area contributed by atoms with Gasteiger partial charge in [-0.1, -0.05) is 29.8 Å². The van der Waals surface area contributed by atoms with Gasteiger partial charge in [0.2, 0.25) is 0 Å². The van der Waals surface area contributed by atoms with Crippen LogP contribution in [0.4, 0.5) is 0 Å². The van der Waals surface area contributed by atoms with E-state index in [0.29, 0.717) is 6.04 Å². The highest BCUT2D eigenvalue weighted by molar-refractivity contribution is 5.25. The minimum absolute atomic E-state index is 0.142. The van der Waals surface area contributed by atoms with E-state index in [1.165, 1.54) is 11.1 Å². The summed E-state index contributed by atoms with van der Waals surface area (Å²) in [6.45, 7) is 8.30. The molecule has 0 amide bonds. The number of hydrogen-bond donors (Lipinski definition) is 1. The van der Waals surface area contributed by atoms with Crippen LogP contribution >= 0.6 is 0 Å². The fourth-order valence-corrected chi connectivity index (χ4v) is 2.33. The zero-order chi connectivity index (χ0) is 11.6. The summed E-state index contributed by atoms with van der Waals surface area (Å²) in [5.74, 6) is 0. The molecule has 1 aliphatic rings. The average molecular weight is 219 g/mol. The van der Waals surface area contributed by atoms with Gasteiger partial charge in [-0.2, -0.15) is 0 Å². The summed E-state index contributed by atoms with van der Waals surface area (Å²) in [6.07, 6.45) is 1.10. The van der Waals surface area contributed by atoms with Crippen LogP contribution in [0.25, 0.3) is 0 Å². The fraction of sp³-hybridized carbons (Fsp3) is 0.571. The standard InChI is InChI=1S/C14H21NO/c1-11-5-4-6-13(9-11)12(2)15-14(3)7-8-16-10-14/h4-6,9,12,15H,7-8,10H2,1-3H3/t12-,14-/m1/s1. The van der Waals surface area contributed by atoms with E-state index in [0.717, 1.165) is 19.6 Å². The van der Waals surface area contributed by atoms with E-state index >= 15 is 0 Å². The lowest BCUT2D eigenvalue weighted by molar-refractivity contribution is 0.167. The Kier molecular flexibility index (Phi) is 3.31. The van der Waals surface area contributed by atoms with Crippen LogP contribution in [-0.4, -0.2) is 18.8 Å². The zero-order valence-electron chi connectivity index (χ0n) is 10.4. The molecule has 16 heavy (non-hydrogen) atoms. The van der Waals surface area contributed by atoms with Crippen molar-refractivity contribution in [2.24, 2.45) is 0 Å². The molecular weight excluding hydrogens is 198 g/mol. The molecule has 1 heterocycles. The predicted molar refractivity (Wildman–Crippen MR) is 66.6 cm³/mol. The van der Waals surface area contributed by atoms with Crippen molar-refractivity contribution >= 4 is 0 Å². The molecule has 2 nitrogen and oxygen atoms in total. The van der Waals surface area contributed by atoms with Crippen LogP contribution in [0.15, 0.2) is 24.3 Å². The molecule has 88 valence electrons. The maximum absolute atomic E-state index is 5.46. The third-order valence-electron chi connectivity index (χ3n) is 3.33. The summed E-state index contributed by atoms with van der Waals surface area (Å²) in [6, 6.07) is 9.07. The Morgan fingerprint density at radius 3 is 2.88 bits per heavy atom. The van der Waals surface area contributed by atoms with Crippen LogP contribution in [0.5, 0.6) is 0 Å². The van der Waals surface area contributed by atoms with Gasteiger partial charge in [-0.15, -0.1) is 0 Å². The Labute approximate surface area is 98.0 Å². The first kappa shape index (κ1) is 11.6. The molecule has 1 aromatic rings. The maximum atomic E-state index is 5.46. The number of nitrogens with one attached hydrogen (secondary N) is 1. The first-order valence-corrected chi connectivity index (χ1v) is 6.01. The third kappa shape index (κ3) is 2.63. The monoisotopic (exact) mass is 219 g/mol. The van der Waals surface area contributed by atoms with Crippen LogP contribution in [0.3, 0.4) is 0 Å². The number of aryl methyl sites for hydroxylation is 1. The number of ether oxygens (including phenoxy) is 1. The van der Waals surface area contributed by atoms with E-state index in [4.69, 9.17) is 4.74 Å². The molecule has 0 bridgehead atoms. The van der Waals surface area contributed by atoms with E-state index in [-0.39, 0.29) is 5.54 Å². The van der Waals surface area contributed by atoms with Crippen molar-refractivity contribution in [1.82, 2.24) is 5.32 Å². The molecule has 1 aliphatic heterocycles. The highest BCUT2D eigenvalue weighted by Crippen LogP contribution is 2.23. The lowest BCUT2D eigenvalue weighted by Gasteiger charge is -2.28. The van der Waals surface area contributed by atoms with Crippen molar-refractivity contribution < 1.29 is 4.74 Å². The van der Waals surface area contributed by atoms with Gasteiger partial charge in [0.15, 0.2) is 0 Å². The van der Waals surface area contributed by atoms with Crippen LogP contribution < -0.4 is 5.32 Å². The molecule has 2 atom stereocenters. The van der Waals surface area contributed by atoms with Crippen LogP contribution in [0.1, 0.15) is 37.4 Å². The molecule has 0 radical (unpaired) electrons. The number of hydrogen-bond acceptors (Lipinski definition) is 2. The lowest BCUT2D eigenvalue weighted by atomic mass is 9.97. The first-order chi connectivity index (χ1) is 7.59. The normalized spacial score (nSPS) is 26.9. The van der Waals surface area contributed by atoms with Gasteiger partial charge in [-0.3, -0.25) is 0 Å². The molecule has 0 spiro atoms. The van der Waals surface area contributed by atoms with Gasteiger partial charge in [0.05, 0.1) is 6.61 Å². The summed E-state index contributed by atoms with van der Waals surface area (Å²) in [5, 5.41) is 3.67. The number of rotatable bonds is 3. The Morgan fingerprint density at radius 1 is 1.44 bits per heavy atom. The Balaban J connectivity index is 2.05. The Hall–Kier alpha value is -0.860. The second-order valence-corrected chi connectivity index (χ2v) is 5.14. The quantitative estimate of drug-likeness (QED) is 0.844. The summed E-state index contributed by atoms with van der Waals surface area (Å²) in [4.78, 5) is 0. The average Bonchev–Trinajstić information content (AvgIpc) is 2.65. The van der Waals surface area contributed by atoms with Gasteiger partial charge in [0.1, 0.15) is 0 Å². The zero-order valence-corrected chi connectivity index (χ0v) is 10.4. The summed E-state index contributed by atoms with van der Waals surface area (Å²) in [5.41, 5.74) is 2.82. The fourth-order valence-electron chi connectivity index (χ4n) is 2.33. The van der Waals surface area contributed by atoms with Crippen molar-refractivity contribution in [3.05, 3.63) is 35.4 Å². The highest BCUT2D eigenvalue weighted by Gasteiger charge is 2.30. The van der Waals surface area contributed by atoms with Gasteiger partial charge in [0, 0.05) is 18.2 Å². The van der Waals surface area contributed by atoms with Crippen molar-refractivity contribution in [1.29, 1.82) is 0 Å².